The summed E-state index contributed by atoms with van der Waals surface area (Å²) in [6, 6.07) is 7.52. The van der Waals surface area contributed by atoms with Crippen molar-refractivity contribution < 1.29 is 35.9 Å². The quantitative estimate of drug-likeness (QED) is 0.526. The van der Waals surface area contributed by atoms with Crippen molar-refractivity contribution in [1.29, 1.82) is 0 Å². The number of hydrogen-bond donors (Lipinski definition) is 1. The fraction of sp³-hybridized carbons (Fsp3) is 0.381. The van der Waals surface area contributed by atoms with Crippen LogP contribution in [0.2, 0.25) is 0 Å². The Bertz CT molecular complexity index is 1310. The van der Waals surface area contributed by atoms with E-state index in [4.69, 9.17) is 9.47 Å². The van der Waals surface area contributed by atoms with Gasteiger partial charge in [-0.25, -0.2) is 18.4 Å². The van der Waals surface area contributed by atoms with E-state index in [1.807, 2.05) is 6.92 Å². The zero-order valence-corrected chi connectivity index (χ0v) is 19.5. The number of sulfone groups is 1. The number of aromatic nitrogens is 2. The molecule has 3 aromatic rings. The van der Waals surface area contributed by atoms with Crippen molar-refractivity contribution in [2.45, 2.75) is 31.5 Å². The van der Waals surface area contributed by atoms with Crippen LogP contribution in [0, 0.1) is 0 Å². The van der Waals surface area contributed by atoms with Crippen LogP contribution in [0.1, 0.15) is 29.6 Å². The topological polar surface area (TPSA) is 107 Å². The van der Waals surface area contributed by atoms with Gasteiger partial charge in [0.15, 0.2) is 17.4 Å². The number of carbonyl (C=O) groups excluding carboxylic acids is 1. The molecule has 13 heteroatoms. The first-order valence-corrected chi connectivity index (χ1v) is 12.8. The molecule has 8 nitrogen and oxygen atoms in total. The minimum absolute atomic E-state index is 0.0204. The average molecular weight is 516 g/mol. The second-order valence-electron chi connectivity index (χ2n) is 8.13. The summed E-state index contributed by atoms with van der Waals surface area (Å²) >= 11 is 1.11. The molecule has 1 aromatic carbocycles. The molecule has 0 atom stereocenters. The molecule has 0 unspecified atom stereocenters. The smallest absolute Gasteiger partial charge is 0.422 e. The van der Waals surface area contributed by atoms with Crippen molar-refractivity contribution in [1.82, 2.24) is 15.3 Å². The van der Waals surface area contributed by atoms with Gasteiger partial charge >= 0.3 is 6.18 Å². The van der Waals surface area contributed by atoms with Gasteiger partial charge < -0.3 is 14.8 Å². The zero-order chi connectivity index (χ0) is 24.6. The van der Waals surface area contributed by atoms with E-state index in [1.165, 1.54) is 18.3 Å². The van der Waals surface area contributed by atoms with Crippen LogP contribution in [-0.2, 0) is 9.84 Å². The van der Waals surface area contributed by atoms with E-state index in [1.54, 1.807) is 18.2 Å². The first kappa shape index (κ1) is 24.2. The van der Waals surface area contributed by atoms with E-state index >= 15 is 0 Å². The molecule has 182 valence electrons. The number of nitrogens with zero attached hydrogens (tertiary/aromatic N) is 2. The molecule has 0 spiro atoms. The van der Waals surface area contributed by atoms with Crippen molar-refractivity contribution in [2.24, 2.45) is 0 Å². The van der Waals surface area contributed by atoms with Gasteiger partial charge in [-0.15, -0.1) is 11.3 Å². The number of halogens is 3. The van der Waals surface area contributed by atoms with Crippen molar-refractivity contribution in [2.75, 3.05) is 18.1 Å². The third-order valence-electron chi connectivity index (χ3n) is 5.24. The van der Waals surface area contributed by atoms with Gasteiger partial charge in [0.05, 0.1) is 21.7 Å². The standard InChI is InChI=1S/C21H20F3N3O5S2/c1-20(6-9-34(29,30)10-7-20)27-17(28)19-26-14-5-4-13(11-16(14)33-19)32-18-15(3-2-8-25-18)31-12-21(22,23)24/h2-5,8,11H,6-7,9-10,12H2,1H3,(H,27,28). The molecule has 1 aliphatic heterocycles. The summed E-state index contributed by atoms with van der Waals surface area (Å²) in [5.41, 5.74) is -0.103. The number of pyridine rings is 1. The summed E-state index contributed by atoms with van der Waals surface area (Å²) in [7, 11) is -3.07. The molecule has 1 aliphatic rings. The van der Waals surface area contributed by atoms with Crippen LogP contribution in [0.4, 0.5) is 13.2 Å². The van der Waals surface area contributed by atoms with Gasteiger partial charge in [0.1, 0.15) is 15.6 Å². The van der Waals surface area contributed by atoms with E-state index in [0.29, 0.717) is 23.1 Å². The predicted octanol–water partition coefficient (Wildman–Crippen LogP) is 4.12. The molecule has 4 rings (SSSR count). The highest BCUT2D eigenvalue weighted by Crippen LogP contribution is 2.33. The molecule has 0 aliphatic carbocycles. The molecule has 34 heavy (non-hydrogen) atoms. The normalized spacial score (nSPS) is 17.3. The lowest BCUT2D eigenvalue weighted by Crippen LogP contribution is -2.50. The number of rotatable bonds is 6. The molecule has 1 amide bonds. The summed E-state index contributed by atoms with van der Waals surface area (Å²) < 4.78 is 71.9. The molecular formula is C21H20F3N3O5S2. The Hall–Kier alpha value is -2.93. The lowest BCUT2D eigenvalue weighted by Gasteiger charge is -2.33. The van der Waals surface area contributed by atoms with Gasteiger partial charge in [0.25, 0.3) is 11.8 Å². The molecule has 1 fully saturated rings. The highest BCUT2D eigenvalue weighted by Gasteiger charge is 2.35. The largest absolute Gasteiger partial charge is 0.478 e. The molecule has 0 radical (unpaired) electrons. The number of amides is 1. The van der Waals surface area contributed by atoms with Crippen LogP contribution >= 0.6 is 11.3 Å². The molecule has 3 heterocycles. The number of carbonyl (C=O) groups is 1. The Labute approximate surface area is 197 Å². The number of benzene rings is 1. The predicted molar refractivity (Wildman–Crippen MR) is 119 cm³/mol. The minimum Gasteiger partial charge on any atom is -0.478 e. The molecule has 0 bridgehead atoms. The van der Waals surface area contributed by atoms with Crippen molar-refractivity contribution >= 4 is 37.3 Å². The SMILES string of the molecule is CC1(NC(=O)c2nc3ccc(Oc4ncccc4OCC(F)(F)F)cc3s2)CCS(=O)(=O)CC1. The van der Waals surface area contributed by atoms with Gasteiger partial charge in [0, 0.05) is 17.8 Å². The second-order valence-corrected chi connectivity index (χ2v) is 11.5. The van der Waals surface area contributed by atoms with Crippen LogP contribution in [0.15, 0.2) is 36.5 Å². The third kappa shape index (κ3) is 5.95. The van der Waals surface area contributed by atoms with E-state index in [9.17, 15) is 26.4 Å². The Balaban J connectivity index is 1.48. The summed E-state index contributed by atoms with van der Waals surface area (Å²) in [6.45, 7) is 0.330. The Kier molecular flexibility index (Phi) is 6.42. The second kappa shape index (κ2) is 9.02. The van der Waals surface area contributed by atoms with Crippen LogP contribution in [0.5, 0.6) is 17.4 Å². The summed E-state index contributed by atoms with van der Waals surface area (Å²) in [5.74, 6) is -0.374. The number of thiazole rings is 1. The molecule has 1 saturated heterocycles. The average Bonchev–Trinajstić information content (AvgIpc) is 3.19. The minimum atomic E-state index is -4.51. The molecule has 0 saturated carbocycles. The van der Waals surface area contributed by atoms with Gasteiger partial charge in [-0.1, -0.05) is 0 Å². The van der Waals surface area contributed by atoms with Gasteiger partial charge in [0.2, 0.25) is 0 Å². The van der Waals surface area contributed by atoms with E-state index in [-0.39, 0.29) is 33.9 Å². The fourth-order valence-corrected chi connectivity index (χ4v) is 5.96. The van der Waals surface area contributed by atoms with E-state index < -0.39 is 34.1 Å². The summed E-state index contributed by atoms with van der Waals surface area (Å²) in [4.78, 5) is 21.0. The monoisotopic (exact) mass is 515 g/mol. The Morgan fingerprint density at radius 3 is 2.68 bits per heavy atom. The molecular weight excluding hydrogens is 495 g/mol. The lowest BCUT2D eigenvalue weighted by atomic mass is 9.95. The van der Waals surface area contributed by atoms with Gasteiger partial charge in [-0.2, -0.15) is 13.2 Å². The van der Waals surface area contributed by atoms with Crippen LogP contribution in [-0.4, -0.2) is 54.1 Å². The molecule has 2 aromatic heterocycles. The van der Waals surface area contributed by atoms with E-state index in [0.717, 1.165) is 11.3 Å². The summed E-state index contributed by atoms with van der Waals surface area (Å²) in [6.07, 6.45) is -2.49. The zero-order valence-electron chi connectivity index (χ0n) is 17.9. The van der Waals surface area contributed by atoms with Gasteiger partial charge in [-0.05, 0) is 44.0 Å². The van der Waals surface area contributed by atoms with Crippen LogP contribution in [0.25, 0.3) is 10.2 Å². The number of hydrogen-bond acceptors (Lipinski definition) is 8. The van der Waals surface area contributed by atoms with Crippen molar-refractivity contribution in [3.63, 3.8) is 0 Å². The highest BCUT2D eigenvalue weighted by atomic mass is 32.2. The van der Waals surface area contributed by atoms with Gasteiger partial charge in [-0.3, -0.25) is 4.79 Å². The van der Waals surface area contributed by atoms with Crippen molar-refractivity contribution in [3.8, 4) is 17.4 Å². The van der Waals surface area contributed by atoms with Crippen molar-refractivity contribution in [3.05, 3.63) is 41.5 Å². The number of fused-ring (bicyclic) bond motifs is 1. The van der Waals surface area contributed by atoms with Crippen LogP contribution in [0.3, 0.4) is 0 Å². The van der Waals surface area contributed by atoms with E-state index in [2.05, 4.69) is 15.3 Å². The highest BCUT2D eigenvalue weighted by molar-refractivity contribution is 7.91. The number of nitrogens with one attached hydrogen (secondary N) is 1. The first-order chi connectivity index (χ1) is 15.9. The maximum absolute atomic E-state index is 12.8. The Morgan fingerprint density at radius 1 is 1.24 bits per heavy atom. The maximum Gasteiger partial charge on any atom is 0.422 e. The number of alkyl halides is 3. The lowest BCUT2D eigenvalue weighted by molar-refractivity contribution is -0.153. The Morgan fingerprint density at radius 2 is 1.97 bits per heavy atom. The fourth-order valence-electron chi connectivity index (χ4n) is 3.34. The summed E-state index contributed by atoms with van der Waals surface area (Å²) in [5, 5.41) is 3.10. The first-order valence-electron chi connectivity index (χ1n) is 10.2. The molecule has 1 N–H and O–H groups in total. The number of ether oxygens (including phenoxy) is 2. The maximum atomic E-state index is 12.8. The third-order valence-corrected chi connectivity index (χ3v) is 7.91. The van der Waals surface area contributed by atoms with Crippen LogP contribution < -0.4 is 14.8 Å².